The maximum atomic E-state index is 12.8. The van der Waals surface area contributed by atoms with Gasteiger partial charge >= 0.3 is 0 Å². The first kappa shape index (κ1) is 19.0. The summed E-state index contributed by atoms with van der Waals surface area (Å²) in [5.74, 6) is 1.32. The fraction of sp³-hybridized carbons (Fsp3) is 0.611. The molecule has 0 unspecified atom stereocenters. The van der Waals surface area contributed by atoms with Gasteiger partial charge in [-0.05, 0) is 49.3 Å². The highest BCUT2D eigenvalue weighted by Crippen LogP contribution is 2.44. The molecule has 3 rings (SSSR count). The number of hydrogen-bond acceptors (Lipinski definition) is 4. The van der Waals surface area contributed by atoms with Crippen molar-refractivity contribution in [1.29, 1.82) is 0 Å². The summed E-state index contributed by atoms with van der Waals surface area (Å²) in [6, 6.07) is 7.51. The first-order chi connectivity index (χ1) is 11.1. The molecule has 2 aliphatic rings. The highest BCUT2D eigenvalue weighted by molar-refractivity contribution is 5.85. The molecule has 0 aromatic heterocycles. The number of carbonyl (C=O) groups excluding carboxylic acids is 1. The molecule has 1 saturated heterocycles. The second-order valence-electron chi connectivity index (χ2n) is 6.73. The molecule has 24 heavy (non-hydrogen) atoms. The van der Waals surface area contributed by atoms with E-state index in [1.165, 1.54) is 0 Å². The van der Waals surface area contributed by atoms with Gasteiger partial charge in [-0.25, -0.2) is 0 Å². The van der Waals surface area contributed by atoms with E-state index in [1.54, 1.807) is 14.2 Å². The third kappa shape index (κ3) is 3.85. The molecule has 5 nitrogen and oxygen atoms in total. The first-order valence-electron chi connectivity index (χ1n) is 8.32. The number of ether oxygens (including phenoxy) is 2. The minimum atomic E-state index is -0.575. The highest BCUT2D eigenvalue weighted by atomic mass is 35.5. The van der Waals surface area contributed by atoms with Gasteiger partial charge in [-0.1, -0.05) is 12.1 Å². The Balaban J connectivity index is 0.00000208. The molecule has 1 amide bonds. The Morgan fingerprint density at radius 3 is 2.50 bits per heavy atom. The molecule has 6 heteroatoms. The van der Waals surface area contributed by atoms with E-state index >= 15 is 0 Å². The van der Waals surface area contributed by atoms with E-state index in [9.17, 15) is 4.79 Å². The number of nitrogens with two attached hydrogens (primary N) is 1. The zero-order valence-corrected chi connectivity index (χ0v) is 15.2. The van der Waals surface area contributed by atoms with Crippen LogP contribution in [0.1, 0.15) is 37.4 Å². The van der Waals surface area contributed by atoms with Crippen molar-refractivity contribution in [3.05, 3.63) is 29.8 Å². The lowest BCUT2D eigenvalue weighted by Gasteiger charge is -2.36. The number of nitrogens with zero attached hydrogens (tertiary/aromatic N) is 1. The van der Waals surface area contributed by atoms with Crippen LogP contribution in [-0.2, 0) is 9.53 Å². The minimum Gasteiger partial charge on any atom is -0.497 e. The van der Waals surface area contributed by atoms with Crippen LogP contribution in [-0.4, -0.2) is 43.7 Å². The summed E-state index contributed by atoms with van der Waals surface area (Å²) in [5, 5.41) is 0. The van der Waals surface area contributed by atoms with Crippen LogP contribution in [0.15, 0.2) is 24.3 Å². The topological polar surface area (TPSA) is 64.8 Å². The number of amides is 1. The standard InChI is InChI=1S/C18H26N2O3.ClH/c1-22-15-5-3-4-13(12-15)16(23-2)17(21)20-10-6-14(7-11-20)18(19)8-9-18;/h3-5,12,14,16H,6-11,19H2,1-2H3;1H/t16-;/m1./s1. The number of piperidine rings is 1. The van der Waals surface area contributed by atoms with Crippen LogP contribution in [0.4, 0.5) is 0 Å². The predicted octanol–water partition coefficient (Wildman–Crippen LogP) is 2.53. The van der Waals surface area contributed by atoms with E-state index in [2.05, 4.69) is 0 Å². The van der Waals surface area contributed by atoms with Crippen molar-refractivity contribution < 1.29 is 14.3 Å². The van der Waals surface area contributed by atoms with Crippen LogP contribution in [0.3, 0.4) is 0 Å². The molecule has 134 valence electrons. The molecule has 2 fully saturated rings. The minimum absolute atomic E-state index is 0. The number of benzene rings is 1. The van der Waals surface area contributed by atoms with Crippen molar-refractivity contribution in [2.75, 3.05) is 27.3 Å². The van der Waals surface area contributed by atoms with Gasteiger partial charge in [0.25, 0.3) is 5.91 Å². The number of halogens is 1. The molecule has 2 N–H and O–H groups in total. The van der Waals surface area contributed by atoms with Gasteiger partial charge in [-0.2, -0.15) is 0 Å². The summed E-state index contributed by atoms with van der Waals surface area (Å²) < 4.78 is 10.7. The summed E-state index contributed by atoms with van der Waals surface area (Å²) in [6.07, 6.45) is 3.69. The Bertz CT molecular complexity index is 569. The zero-order chi connectivity index (χ0) is 16.4. The van der Waals surface area contributed by atoms with Crippen molar-refractivity contribution in [1.82, 2.24) is 4.90 Å². The van der Waals surface area contributed by atoms with E-state index < -0.39 is 6.10 Å². The van der Waals surface area contributed by atoms with E-state index in [-0.39, 0.29) is 23.9 Å². The molecular weight excluding hydrogens is 328 g/mol. The van der Waals surface area contributed by atoms with Gasteiger partial charge in [0.1, 0.15) is 5.75 Å². The molecule has 1 saturated carbocycles. The molecular formula is C18H27ClN2O3. The lowest BCUT2D eigenvalue weighted by atomic mass is 9.87. The third-order valence-corrected chi connectivity index (χ3v) is 5.30. The van der Waals surface area contributed by atoms with Crippen molar-refractivity contribution in [2.24, 2.45) is 11.7 Å². The predicted molar refractivity (Wildman–Crippen MR) is 95.4 cm³/mol. The Morgan fingerprint density at radius 2 is 1.96 bits per heavy atom. The van der Waals surface area contributed by atoms with Gasteiger partial charge in [0.15, 0.2) is 6.10 Å². The Morgan fingerprint density at radius 1 is 1.29 bits per heavy atom. The van der Waals surface area contributed by atoms with Crippen LogP contribution in [0.25, 0.3) is 0 Å². The number of rotatable bonds is 5. The molecule has 0 bridgehead atoms. The SMILES string of the molecule is COc1cccc([C@@H](OC)C(=O)N2CCC(C3(N)CC3)CC2)c1.Cl. The van der Waals surface area contributed by atoms with Crippen LogP contribution in [0.5, 0.6) is 5.75 Å². The van der Waals surface area contributed by atoms with Gasteiger partial charge in [-0.15, -0.1) is 12.4 Å². The summed E-state index contributed by atoms with van der Waals surface area (Å²) in [7, 11) is 3.20. The molecule has 0 radical (unpaired) electrons. The van der Waals surface area contributed by atoms with Crippen molar-refractivity contribution in [2.45, 2.75) is 37.3 Å². The number of likely N-dealkylation sites (tertiary alicyclic amines) is 1. The normalized spacial score (nSPS) is 20.9. The van der Waals surface area contributed by atoms with Crippen LogP contribution in [0.2, 0.25) is 0 Å². The summed E-state index contributed by atoms with van der Waals surface area (Å²) in [6.45, 7) is 1.54. The number of carbonyl (C=O) groups is 1. The fourth-order valence-electron chi connectivity index (χ4n) is 3.58. The summed E-state index contributed by atoms with van der Waals surface area (Å²) in [5.41, 5.74) is 7.20. The van der Waals surface area contributed by atoms with Crippen molar-refractivity contribution in [3.8, 4) is 5.75 Å². The zero-order valence-electron chi connectivity index (χ0n) is 14.4. The fourth-order valence-corrected chi connectivity index (χ4v) is 3.58. The van der Waals surface area contributed by atoms with Crippen molar-refractivity contribution >= 4 is 18.3 Å². The third-order valence-electron chi connectivity index (χ3n) is 5.30. The summed E-state index contributed by atoms with van der Waals surface area (Å²) >= 11 is 0. The second-order valence-corrected chi connectivity index (χ2v) is 6.73. The molecule has 1 aromatic rings. The maximum absolute atomic E-state index is 12.8. The maximum Gasteiger partial charge on any atom is 0.256 e. The van der Waals surface area contributed by atoms with E-state index in [0.717, 1.165) is 50.1 Å². The van der Waals surface area contributed by atoms with Crippen LogP contribution < -0.4 is 10.5 Å². The average molecular weight is 355 g/mol. The lowest BCUT2D eigenvalue weighted by Crippen LogP contribution is -2.46. The largest absolute Gasteiger partial charge is 0.497 e. The number of hydrogen-bond donors (Lipinski definition) is 1. The quantitative estimate of drug-likeness (QED) is 0.882. The Labute approximate surface area is 149 Å². The highest BCUT2D eigenvalue weighted by Gasteiger charge is 2.46. The van der Waals surface area contributed by atoms with Crippen LogP contribution >= 0.6 is 12.4 Å². The van der Waals surface area contributed by atoms with E-state index in [4.69, 9.17) is 15.2 Å². The molecule has 1 atom stereocenters. The van der Waals surface area contributed by atoms with Gasteiger partial charge in [0.2, 0.25) is 0 Å². The first-order valence-corrected chi connectivity index (χ1v) is 8.32. The Hall–Kier alpha value is -1.30. The van der Waals surface area contributed by atoms with Gasteiger partial charge in [-0.3, -0.25) is 4.79 Å². The van der Waals surface area contributed by atoms with Gasteiger partial charge in [0, 0.05) is 25.7 Å². The van der Waals surface area contributed by atoms with Crippen molar-refractivity contribution in [3.63, 3.8) is 0 Å². The average Bonchev–Trinajstić information content (AvgIpc) is 3.35. The second kappa shape index (κ2) is 7.72. The van der Waals surface area contributed by atoms with E-state index in [1.807, 2.05) is 29.2 Å². The monoisotopic (exact) mass is 354 g/mol. The number of methoxy groups -OCH3 is 2. The smallest absolute Gasteiger partial charge is 0.256 e. The van der Waals surface area contributed by atoms with E-state index in [0.29, 0.717) is 5.92 Å². The molecule has 0 spiro atoms. The molecule has 1 aromatic carbocycles. The van der Waals surface area contributed by atoms with Crippen LogP contribution in [0, 0.1) is 5.92 Å². The summed E-state index contributed by atoms with van der Waals surface area (Å²) in [4.78, 5) is 14.7. The lowest BCUT2D eigenvalue weighted by molar-refractivity contribution is -0.144. The van der Waals surface area contributed by atoms with Gasteiger partial charge in [0.05, 0.1) is 7.11 Å². The molecule has 1 aliphatic heterocycles. The Kier molecular flexibility index (Phi) is 6.12. The molecule has 1 heterocycles. The molecule has 1 aliphatic carbocycles. The van der Waals surface area contributed by atoms with Gasteiger partial charge < -0.3 is 20.1 Å².